The number of aliphatic hydroxyl groups is 2. The summed E-state index contributed by atoms with van der Waals surface area (Å²) in [6, 6.07) is 8.25. The SMILES string of the molecule is CC(C)(C)C[C@@H]1CN[C@H](c2cccc(Cl)c2F)[C@@]12C(=O)N(C(=O)NCC[C@H](O)CO)c1cc(Cl)ccc12. The predicted octanol–water partition coefficient (Wildman–Crippen LogP) is 4.57. The fourth-order valence-corrected chi connectivity index (χ4v) is 6.08. The van der Waals surface area contributed by atoms with Crippen molar-refractivity contribution >= 4 is 40.8 Å². The van der Waals surface area contributed by atoms with Crippen molar-refractivity contribution in [3.8, 4) is 0 Å². The van der Waals surface area contributed by atoms with E-state index in [1.165, 1.54) is 6.07 Å². The van der Waals surface area contributed by atoms with Crippen LogP contribution in [0.2, 0.25) is 10.0 Å². The van der Waals surface area contributed by atoms with E-state index in [-0.39, 0.29) is 34.9 Å². The number of hydrogen-bond donors (Lipinski definition) is 4. The molecule has 10 heteroatoms. The summed E-state index contributed by atoms with van der Waals surface area (Å²) in [6.45, 7) is 6.27. The van der Waals surface area contributed by atoms with Gasteiger partial charge in [-0.05, 0) is 47.9 Å². The molecule has 0 aromatic heterocycles. The van der Waals surface area contributed by atoms with E-state index >= 15 is 4.39 Å². The summed E-state index contributed by atoms with van der Waals surface area (Å²) in [5.41, 5.74) is -0.264. The zero-order valence-corrected chi connectivity index (χ0v) is 22.5. The van der Waals surface area contributed by atoms with Crippen LogP contribution in [-0.2, 0) is 10.2 Å². The summed E-state index contributed by atoms with van der Waals surface area (Å²) in [5, 5.41) is 25.1. The molecule has 200 valence electrons. The molecule has 0 aliphatic carbocycles. The molecule has 2 aliphatic heterocycles. The average molecular weight is 552 g/mol. The van der Waals surface area contributed by atoms with Crippen molar-refractivity contribution in [3.63, 3.8) is 0 Å². The number of carbonyl (C=O) groups excluding carboxylic acids is 2. The number of imide groups is 1. The van der Waals surface area contributed by atoms with E-state index < -0.39 is 41.9 Å². The number of urea groups is 1. The van der Waals surface area contributed by atoms with Gasteiger partial charge in [0.15, 0.2) is 0 Å². The van der Waals surface area contributed by atoms with Crippen molar-refractivity contribution in [2.75, 3.05) is 24.6 Å². The van der Waals surface area contributed by atoms with E-state index in [0.29, 0.717) is 29.2 Å². The van der Waals surface area contributed by atoms with Crippen LogP contribution in [0, 0.1) is 17.2 Å². The minimum absolute atomic E-state index is 0.0449. The van der Waals surface area contributed by atoms with E-state index in [0.717, 1.165) is 4.90 Å². The monoisotopic (exact) mass is 551 g/mol. The number of benzene rings is 2. The van der Waals surface area contributed by atoms with Crippen molar-refractivity contribution in [1.29, 1.82) is 0 Å². The molecule has 0 bridgehead atoms. The van der Waals surface area contributed by atoms with Crippen LogP contribution in [0.1, 0.15) is 50.8 Å². The zero-order valence-electron chi connectivity index (χ0n) is 21.0. The second-order valence-corrected chi connectivity index (χ2v) is 11.8. The van der Waals surface area contributed by atoms with Gasteiger partial charge in [0, 0.05) is 23.7 Å². The fourth-order valence-electron chi connectivity index (χ4n) is 5.73. The molecule has 4 atom stereocenters. The van der Waals surface area contributed by atoms with Crippen LogP contribution in [-0.4, -0.2) is 48.0 Å². The maximum atomic E-state index is 15.4. The number of fused-ring (bicyclic) bond motifs is 2. The molecule has 1 fully saturated rings. The molecule has 7 nitrogen and oxygen atoms in total. The van der Waals surface area contributed by atoms with Gasteiger partial charge >= 0.3 is 6.03 Å². The van der Waals surface area contributed by atoms with Crippen molar-refractivity contribution in [1.82, 2.24) is 10.6 Å². The zero-order chi connectivity index (χ0) is 27.1. The Hall–Kier alpha value is -2.23. The van der Waals surface area contributed by atoms with Gasteiger partial charge in [-0.1, -0.05) is 62.2 Å². The number of rotatable bonds is 6. The summed E-state index contributed by atoms with van der Waals surface area (Å²) < 4.78 is 15.4. The first-order chi connectivity index (χ1) is 17.4. The van der Waals surface area contributed by atoms with Crippen LogP contribution in [0.25, 0.3) is 0 Å². The fraction of sp³-hybridized carbons (Fsp3) is 0.481. The highest BCUT2D eigenvalue weighted by Gasteiger charge is 2.64. The van der Waals surface area contributed by atoms with Crippen LogP contribution in [0.5, 0.6) is 0 Å². The van der Waals surface area contributed by atoms with Gasteiger partial charge in [-0.3, -0.25) is 4.79 Å². The number of nitrogens with one attached hydrogen (secondary N) is 2. The normalized spacial score (nSPS) is 24.0. The first-order valence-corrected chi connectivity index (χ1v) is 13.1. The molecule has 0 radical (unpaired) electrons. The van der Waals surface area contributed by atoms with Gasteiger partial charge in [-0.15, -0.1) is 0 Å². The molecular formula is C27H32Cl2FN3O4. The van der Waals surface area contributed by atoms with E-state index in [4.69, 9.17) is 28.3 Å². The topological polar surface area (TPSA) is 102 Å². The first kappa shape index (κ1) is 27.8. The summed E-state index contributed by atoms with van der Waals surface area (Å²) >= 11 is 12.5. The third-order valence-electron chi connectivity index (χ3n) is 7.19. The Labute approximate surface area is 225 Å². The molecule has 1 spiro atoms. The first-order valence-electron chi connectivity index (χ1n) is 12.3. The largest absolute Gasteiger partial charge is 0.394 e. The molecule has 4 rings (SSSR count). The summed E-state index contributed by atoms with van der Waals surface area (Å²) in [5.74, 6) is -1.35. The van der Waals surface area contributed by atoms with Crippen molar-refractivity contribution in [3.05, 3.63) is 63.4 Å². The molecule has 0 saturated carbocycles. The Morgan fingerprint density at radius 3 is 2.70 bits per heavy atom. The van der Waals surface area contributed by atoms with Crippen LogP contribution in [0.15, 0.2) is 36.4 Å². The molecular weight excluding hydrogens is 520 g/mol. The smallest absolute Gasteiger partial charge is 0.328 e. The van der Waals surface area contributed by atoms with Crippen LogP contribution < -0.4 is 15.5 Å². The van der Waals surface area contributed by atoms with Gasteiger partial charge in [0.25, 0.3) is 0 Å². The number of anilines is 1. The quantitative estimate of drug-likeness (QED) is 0.421. The molecule has 3 amide bonds. The summed E-state index contributed by atoms with van der Waals surface area (Å²) in [6.07, 6.45) is -0.249. The third-order valence-corrected chi connectivity index (χ3v) is 7.72. The molecule has 2 aromatic carbocycles. The van der Waals surface area contributed by atoms with Crippen LogP contribution in [0.4, 0.5) is 14.9 Å². The Morgan fingerprint density at radius 1 is 1.30 bits per heavy atom. The standard InChI is InChI=1S/C27H32Cl2FN3O4/c1-26(2,3)12-15-13-32-23(18-5-4-6-20(29)22(18)30)27(15)19-8-7-16(28)11-21(19)33(24(27)36)25(37)31-10-9-17(35)14-34/h4-8,11,15,17,23,32,34-35H,9-10,12-14H2,1-3H3,(H,31,37)/t15-,17+,23-,27-/m1/s1. The minimum atomic E-state index is -1.29. The summed E-state index contributed by atoms with van der Waals surface area (Å²) in [7, 11) is 0. The number of nitrogens with zero attached hydrogens (tertiary/aromatic N) is 1. The van der Waals surface area contributed by atoms with E-state index in [9.17, 15) is 14.7 Å². The van der Waals surface area contributed by atoms with Crippen molar-refractivity contribution in [2.45, 2.75) is 51.2 Å². The maximum Gasteiger partial charge on any atom is 0.328 e. The van der Waals surface area contributed by atoms with Gasteiger partial charge in [-0.2, -0.15) is 0 Å². The van der Waals surface area contributed by atoms with Crippen LogP contribution >= 0.6 is 23.2 Å². The Kier molecular flexibility index (Phi) is 7.89. The van der Waals surface area contributed by atoms with Crippen LogP contribution in [0.3, 0.4) is 0 Å². The number of hydrogen-bond acceptors (Lipinski definition) is 5. The average Bonchev–Trinajstić information content (AvgIpc) is 3.30. The Morgan fingerprint density at radius 2 is 2.03 bits per heavy atom. The van der Waals surface area contributed by atoms with E-state index in [1.54, 1.807) is 30.3 Å². The predicted molar refractivity (Wildman–Crippen MR) is 141 cm³/mol. The van der Waals surface area contributed by atoms with Gasteiger partial charge in [0.2, 0.25) is 5.91 Å². The molecule has 4 N–H and O–H groups in total. The lowest BCUT2D eigenvalue weighted by Gasteiger charge is -2.38. The Bertz CT molecular complexity index is 1200. The lowest BCUT2D eigenvalue weighted by Crippen LogP contribution is -2.52. The second-order valence-electron chi connectivity index (χ2n) is 11.0. The number of aliphatic hydroxyl groups excluding tert-OH is 2. The van der Waals surface area contributed by atoms with E-state index in [1.807, 2.05) is 0 Å². The lowest BCUT2D eigenvalue weighted by molar-refractivity contribution is -0.124. The Balaban J connectivity index is 1.86. The minimum Gasteiger partial charge on any atom is -0.394 e. The number of carbonyl (C=O) groups is 2. The summed E-state index contributed by atoms with van der Waals surface area (Å²) in [4.78, 5) is 29.0. The molecule has 2 heterocycles. The van der Waals surface area contributed by atoms with Crippen molar-refractivity contribution < 1.29 is 24.2 Å². The molecule has 37 heavy (non-hydrogen) atoms. The lowest BCUT2D eigenvalue weighted by atomic mass is 9.63. The highest BCUT2D eigenvalue weighted by molar-refractivity contribution is 6.32. The van der Waals surface area contributed by atoms with Gasteiger partial charge in [0.1, 0.15) is 11.2 Å². The maximum absolute atomic E-state index is 15.4. The number of amides is 3. The van der Waals surface area contributed by atoms with Gasteiger partial charge in [0.05, 0.1) is 29.5 Å². The van der Waals surface area contributed by atoms with Gasteiger partial charge in [-0.25, -0.2) is 14.1 Å². The second kappa shape index (κ2) is 10.5. The highest BCUT2D eigenvalue weighted by atomic mass is 35.5. The highest BCUT2D eigenvalue weighted by Crippen LogP contribution is 2.58. The molecule has 2 aromatic rings. The van der Waals surface area contributed by atoms with E-state index in [2.05, 4.69) is 31.4 Å². The molecule has 2 aliphatic rings. The molecule has 1 saturated heterocycles. The number of halogens is 3. The molecule has 0 unspecified atom stereocenters. The third kappa shape index (κ3) is 4.98. The van der Waals surface area contributed by atoms with Crippen molar-refractivity contribution in [2.24, 2.45) is 11.3 Å². The van der Waals surface area contributed by atoms with Gasteiger partial charge < -0.3 is 20.8 Å².